The highest BCUT2D eigenvalue weighted by molar-refractivity contribution is 6.15. The molecule has 0 radical (unpaired) electrons. The van der Waals surface area contributed by atoms with Gasteiger partial charge in [-0.15, -0.1) is 0 Å². The van der Waals surface area contributed by atoms with Crippen LogP contribution in [0.2, 0.25) is 0 Å². The molecule has 3 rings (SSSR count). The molecule has 1 spiro atoms. The average Bonchev–Trinajstić information content (AvgIpc) is 2.48. The predicted molar refractivity (Wildman–Crippen MR) is 89.7 cm³/mol. The number of ether oxygens (including phenoxy) is 1. The molecule has 1 aliphatic heterocycles. The Hall–Kier alpha value is -2.69. The molecule has 0 unspecified atom stereocenters. The zero-order valence-corrected chi connectivity index (χ0v) is 13.9. The second-order valence-electron chi connectivity index (χ2n) is 7.01. The number of allylic oxidation sites excluding steroid dienone is 4. The lowest BCUT2D eigenvalue weighted by Crippen LogP contribution is -2.48. The van der Waals surface area contributed by atoms with Crippen molar-refractivity contribution in [1.29, 1.82) is 0 Å². The number of carbonyl (C=O) groups excluding carboxylic acids is 3. The molecule has 0 saturated carbocycles. The van der Waals surface area contributed by atoms with Gasteiger partial charge in [-0.1, -0.05) is 30.4 Å². The van der Waals surface area contributed by atoms with Gasteiger partial charge in [0, 0.05) is 11.8 Å². The van der Waals surface area contributed by atoms with E-state index in [2.05, 4.69) is 0 Å². The van der Waals surface area contributed by atoms with Crippen LogP contribution in [0.5, 0.6) is 0 Å². The summed E-state index contributed by atoms with van der Waals surface area (Å²) >= 11 is 0. The van der Waals surface area contributed by atoms with Crippen LogP contribution >= 0.6 is 0 Å². The highest BCUT2D eigenvalue weighted by Crippen LogP contribution is 2.44. The van der Waals surface area contributed by atoms with Gasteiger partial charge in [0.1, 0.15) is 5.60 Å². The van der Waals surface area contributed by atoms with E-state index in [4.69, 9.17) is 4.74 Å². The summed E-state index contributed by atoms with van der Waals surface area (Å²) in [6.45, 7) is 5.26. The molecule has 5 heteroatoms. The van der Waals surface area contributed by atoms with Crippen molar-refractivity contribution in [3.05, 3.63) is 54.1 Å². The van der Waals surface area contributed by atoms with Crippen molar-refractivity contribution in [3.8, 4) is 0 Å². The molecule has 0 bridgehead atoms. The number of imide groups is 1. The summed E-state index contributed by atoms with van der Waals surface area (Å²) in [7, 11) is 0. The molecule has 1 heterocycles. The Morgan fingerprint density at radius 1 is 1.12 bits per heavy atom. The fourth-order valence-corrected chi connectivity index (χ4v) is 3.00. The molecule has 1 aliphatic carbocycles. The summed E-state index contributed by atoms with van der Waals surface area (Å²) in [4.78, 5) is 37.8. The molecule has 1 aromatic carbocycles. The number of ketones is 1. The van der Waals surface area contributed by atoms with Crippen LogP contribution < -0.4 is 4.90 Å². The Labute approximate surface area is 140 Å². The van der Waals surface area contributed by atoms with Crippen LogP contribution in [0.25, 0.3) is 0 Å². The van der Waals surface area contributed by atoms with Gasteiger partial charge in [-0.2, -0.15) is 0 Å². The van der Waals surface area contributed by atoms with Crippen molar-refractivity contribution in [2.75, 3.05) is 4.90 Å². The highest BCUT2D eigenvalue weighted by atomic mass is 16.6. The van der Waals surface area contributed by atoms with Crippen molar-refractivity contribution < 1.29 is 19.1 Å². The first-order valence-electron chi connectivity index (χ1n) is 7.80. The quantitative estimate of drug-likeness (QED) is 0.734. The number of hydrogen-bond acceptors (Lipinski definition) is 4. The van der Waals surface area contributed by atoms with Gasteiger partial charge in [0.2, 0.25) is 5.91 Å². The van der Waals surface area contributed by atoms with E-state index in [1.165, 1.54) is 12.2 Å². The second-order valence-corrected chi connectivity index (χ2v) is 7.01. The Morgan fingerprint density at radius 3 is 2.38 bits per heavy atom. The first-order valence-corrected chi connectivity index (χ1v) is 7.80. The normalized spacial score (nSPS) is 18.7. The standard InChI is InChI=1S/C19H19NO4/c1-18(2,3)24-17(23)20-15-7-5-4-6-14(15)19(12-16(20)22)10-8-13(21)9-11-19/h4-11H,12H2,1-3H3. The summed E-state index contributed by atoms with van der Waals surface area (Å²) in [5, 5.41) is 0. The molecule has 0 saturated heterocycles. The van der Waals surface area contributed by atoms with Gasteiger partial charge < -0.3 is 4.74 Å². The third-order valence-electron chi connectivity index (χ3n) is 4.01. The summed E-state index contributed by atoms with van der Waals surface area (Å²) in [5.41, 5.74) is -0.0967. The maximum Gasteiger partial charge on any atom is 0.421 e. The van der Waals surface area contributed by atoms with Gasteiger partial charge in [-0.25, -0.2) is 9.69 Å². The van der Waals surface area contributed by atoms with E-state index in [0.29, 0.717) is 5.69 Å². The van der Waals surface area contributed by atoms with Crippen LogP contribution in [0.4, 0.5) is 10.5 Å². The van der Waals surface area contributed by atoms with Crippen LogP contribution in [-0.4, -0.2) is 23.4 Å². The lowest BCUT2D eigenvalue weighted by atomic mass is 9.71. The Morgan fingerprint density at radius 2 is 1.75 bits per heavy atom. The minimum absolute atomic E-state index is 0.0730. The van der Waals surface area contributed by atoms with Crippen LogP contribution in [0, 0.1) is 0 Å². The molecule has 0 N–H and O–H groups in total. The number of rotatable bonds is 0. The van der Waals surface area contributed by atoms with Crippen LogP contribution in [0.3, 0.4) is 0 Å². The van der Waals surface area contributed by atoms with E-state index in [0.717, 1.165) is 10.5 Å². The van der Waals surface area contributed by atoms with E-state index in [1.54, 1.807) is 45.1 Å². The molecular weight excluding hydrogens is 306 g/mol. The van der Waals surface area contributed by atoms with Crippen molar-refractivity contribution in [1.82, 2.24) is 0 Å². The Bertz CT molecular complexity index is 767. The van der Waals surface area contributed by atoms with E-state index < -0.39 is 17.1 Å². The monoisotopic (exact) mass is 325 g/mol. The molecule has 2 amide bonds. The average molecular weight is 325 g/mol. The maximum absolute atomic E-state index is 12.7. The Balaban J connectivity index is 2.08. The third-order valence-corrected chi connectivity index (χ3v) is 4.01. The SMILES string of the molecule is CC(C)(C)OC(=O)N1C(=O)CC2(C=CC(=O)C=C2)c2ccccc21. The number of benzene rings is 1. The molecule has 5 nitrogen and oxygen atoms in total. The molecule has 24 heavy (non-hydrogen) atoms. The molecule has 124 valence electrons. The predicted octanol–water partition coefficient (Wildman–Crippen LogP) is 3.29. The van der Waals surface area contributed by atoms with Gasteiger partial charge in [-0.3, -0.25) is 9.59 Å². The lowest BCUT2D eigenvalue weighted by molar-refractivity contribution is -0.119. The van der Waals surface area contributed by atoms with Crippen molar-refractivity contribution in [3.63, 3.8) is 0 Å². The van der Waals surface area contributed by atoms with Crippen LogP contribution in [-0.2, 0) is 19.7 Å². The van der Waals surface area contributed by atoms with E-state index in [1.807, 2.05) is 12.1 Å². The number of anilines is 1. The maximum atomic E-state index is 12.7. The largest absolute Gasteiger partial charge is 0.443 e. The second kappa shape index (κ2) is 5.44. The van der Waals surface area contributed by atoms with Crippen molar-refractivity contribution in [2.45, 2.75) is 38.2 Å². The zero-order valence-electron chi connectivity index (χ0n) is 13.9. The minimum Gasteiger partial charge on any atom is -0.443 e. The fourth-order valence-electron chi connectivity index (χ4n) is 3.00. The summed E-state index contributed by atoms with van der Waals surface area (Å²) in [6.07, 6.45) is 5.79. The Kier molecular flexibility index (Phi) is 3.67. The van der Waals surface area contributed by atoms with Gasteiger partial charge in [-0.05, 0) is 44.6 Å². The van der Waals surface area contributed by atoms with E-state index >= 15 is 0 Å². The number of hydrogen-bond donors (Lipinski definition) is 0. The van der Waals surface area contributed by atoms with Crippen LogP contribution in [0.15, 0.2) is 48.6 Å². The first-order chi connectivity index (χ1) is 11.2. The smallest absolute Gasteiger partial charge is 0.421 e. The van der Waals surface area contributed by atoms with Gasteiger partial charge in [0.05, 0.1) is 5.69 Å². The summed E-state index contributed by atoms with van der Waals surface area (Å²) in [6, 6.07) is 7.20. The fraction of sp³-hybridized carbons (Fsp3) is 0.316. The molecule has 0 atom stereocenters. The first kappa shape index (κ1) is 16.2. The van der Waals surface area contributed by atoms with Gasteiger partial charge in [0.25, 0.3) is 0 Å². The molecule has 0 fully saturated rings. The molecule has 0 aromatic heterocycles. The lowest BCUT2D eigenvalue weighted by Gasteiger charge is -2.39. The molecular formula is C19H19NO4. The summed E-state index contributed by atoms with van der Waals surface area (Å²) in [5.74, 6) is -0.466. The minimum atomic E-state index is -0.696. The molecule has 1 aromatic rings. The number of amides is 2. The van der Waals surface area contributed by atoms with E-state index in [9.17, 15) is 14.4 Å². The number of fused-ring (bicyclic) bond motifs is 2. The molecule has 2 aliphatic rings. The van der Waals surface area contributed by atoms with Crippen LogP contribution in [0.1, 0.15) is 32.8 Å². The highest BCUT2D eigenvalue weighted by Gasteiger charge is 2.44. The third kappa shape index (κ3) is 2.77. The number of para-hydroxylation sites is 1. The van der Waals surface area contributed by atoms with Crippen molar-refractivity contribution in [2.24, 2.45) is 0 Å². The van der Waals surface area contributed by atoms with Gasteiger partial charge >= 0.3 is 6.09 Å². The zero-order chi connectivity index (χ0) is 17.5. The number of nitrogens with zero attached hydrogens (tertiary/aromatic N) is 1. The summed E-state index contributed by atoms with van der Waals surface area (Å²) < 4.78 is 5.37. The number of carbonyl (C=O) groups is 3. The van der Waals surface area contributed by atoms with Crippen molar-refractivity contribution >= 4 is 23.5 Å². The van der Waals surface area contributed by atoms with E-state index in [-0.39, 0.29) is 18.1 Å². The van der Waals surface area contributed by atoms with Gasteiger partial charge in [0.15, 0.2) is 5.78 Å². The topological polar surface area (TPSA) is 63.7 Å².